The molecule has 0 amide bonds. The van der Waals surface area contributed by atoms with E-state index in [0.29, 0.717) is 73.5 Å². The van der Waals surface area contributed by atoms with Crippen molar-refractivity contribution in [3.8, 4) is 11.8 Å². The second-order valence-electron chi connectivity index (χ2n) is 38.7. The van der Waals surface area contributed by atoms with Gasteiger partial charge in [-0.25, -0.2) is 4.79 Å². The number of hydrogen-bond donors (Lipinski definition) is 4. The van der Waals surface area contributed by atoms with Crippen molar-refractivity contribution in [1.82, 2.24) is 10.2 Å². The summed E-state index contributed by atoms with van der Waals surface area (Å²) in [6.45, 7) is 3.87. The van der Waals surface area contributed by atoms with Gasteiger partial charge >= 0.3 is 11.9 Å². The number of esters is 2. The third kappa shape index (κ3) is 6.45. The van der Waals surface area contributed by atoms with E-state index in [9.17, 15) is 14.9 Å². The number of carbonyl (C=O) groups excluding carboxylic acids is 3. The molecule has 4 N–H and O–H groups in total. The average molecular weight is 1350 g/mol. The zero-order valence-corrected chi connectivity index (χ0v) is 58.2. The maximum atomic E-state index is 18.7. The molecule has 0 radical (unpaired) electrons. The summed E-state index contributed by atoms with van der Waals surface area (Å²) in [6.07, 6.45) is 40.4. The van der Waals surface area contributed by atoms with Crippen molar-refractivity contribution in [2.75, 3.05) is 26.4 Å². The number of aryl methyl sites for hydroxylation is 1. The van der Waals surface area contributed by atoms with Crippen molar-refractivity contribution in [3.05, 3.63) is 119 Å². The molecule has 100 heavy (non-hydrogen) atoms. The number of hydrogen-bond acceptors (Lipinski definition) is 13. The Hall–Kier alpha value is -5.07. The van der Waals surface area contributed by atoms with E-state index in [1.54, 1.807) is 0 Å². The Labute approximate surface area is 587 Å². The van der Waals surface area contributed by atoms with Gasteiger partial charge in [0.15, 0.2) is 17.5 Å². The van der Waals surface area contributed by atoms with Crippen molar-refractivity contribution in [1.29, 1.82) is 0 Å². The number of nitrogens with one attached hydrogen (secondary N) is 1. The van der Waals surface area contributed by atoms with Crippen molar-refractivity contribution in [2.45, 2.75) is 208 Å². The number of nitrogens with zero attached hydrogens (tertiary/aromatic N) is 1. The minimum absolute atomic E-state index is 0.0270. The Morgan fingerprint density at radius 2 is 1.76 bits per heavy atom. The first-order valence-corrected chi connectivity index (χ1v) is 40.5. The number of furan rings is 1. The van der Waals surface area contributed by atoms with Crippen molar-refractivity contribution < 1.29 is 53.1 Å². The Balaban J connectivity index is 0.761. The number of ketones is 1. The lowest BCUT2D eigenvalue weighted by Crippen LogP contribution is -2.84. The van der Waals surface area contributed by atoms with E-state index in [1.165, 1.54) is 48.8 Å². The molecule has 1 aromatic carbocycles. The predicted molar refractivity (Wildman–Crippen MR) is 367 cm³/mol. The number of ether oxygens (including phenoxy) is 4. The van der Waals surface area contributed by atoms with Gasteiger partial charge in [-0.05, 0) is 245 Å². The van der Waals surface area contributed by atoms with Crippen molar-refractivity contribution in [2.24, 2.45) is 145 Å². The molecule has 10 saturated carbocycles. The Morgan fingerprint density at radius 1 is 0.870 bits per heavy atom. The summed E-state index contributed by atoms with van der Waals surface area (Å²) in [7, 11) is 0. The van der Waals surface area contributed by atoms with Crippen LogP contribution in [0.3, 0.4) is 0 Å². The van der Waals surface area contributed by atoms with Gasteiger partial charge in [0.1, 0.15) is 29.7 Å². The van der Waals surface area contributed by atoms with Gasteiger partial charge < -0.3 is 43.6 Å². The number of fused-ring (bicyclic) bond motifs is 8. The maximum Gasteiger partial charge on any atom is 0.339 e. The molecule has 32 unspecified atom stereocenters. The number of aliphatic hydroxyl groups is 3. The molecular formula is C87H100N2O11. The zero-order chi connectivity index (χ0) is 66.4. The molecule has 7 aliphatic heterocycles. The highest BCUT2D eigenvalue weighted by Crippen LogP contribution is 2.94. The largest absolute Gasteiger partial charge is 0.469 e. The van der Waals surface area contributed by atoms with Crippen LogP contribution in [0.4, 0.5) is 0 Å². The molecule has 15 fully saturated rings. The normalized spacial score (nSPS) is 54.5. The predicted octanol–water partition coefficient (Wildman–Crippen LogP) is 11.6. The number of aliphatic hydroxyl groups excluding tert-OH is 3. The number of epoxide rings is 1. The van der Waals surface area contributed by atoms with E-state index in [-0.39, 0.29) is 89.1 Å². The minimum Gasteiger partial charge on any atom is -0.469 e. The first-order chi connectivity index (χ1) is 48.7. The fraction of sp³-hybridized carbons (Fsp3) is 0.713. The second kappa shape index (κ2) is 19.5. The van der Waals surface area contributed by atoms with Gasteiger partial charge in [0.2, 0.25) is 0 Å². The summed E-state index contributed by atoms with van der Waals surface area (Å²) in [5.74, 6) is 7.05. The zero-order valence-electron chi connectivity index (χ0n) is 58.2. The van der Waals surface area contributed by atoms with Gasteiger partial charge in [-0.2, -0.15) is 0 Å². The molecule has 22 aliphatic rings. The van der Waals surface area contributed by atoms with Crippen LogP contribution in [0.1, 0.15) is 164 Å². The molecule has 13 nitrogen and oxygen atoms in total. The highest BCUT2D eigenvalue weighted by molar-refractivity contribution is 5.95. The number of Topliss-reactive ketones (excluding diaryl/α,β-unsaturated/α-hetero) is 1. The first-order valence-electron chi connectivity index (χ1n) is 40.5. The lowest BCUT2D eigenvalue weighted by molar-refractivity contribution is -0.320. The smallest absolute Gasteiger partial charge is 0.339 e. The van der Waals surface area contributed by atoms with Crippen LogP contribution in [0, 0.1) is 157 Å². The Morgan fingerprint density at radius 3 is 2.64 bits per heavy atom. The number of cyclic esters (lactones) is 1. The second-order valence-corrected chi connectivity index (χ2v) is 38.7. The van der Waals surface area contributed by atoms with E-state index in [1.807, 2.05) is 6.26 Å². The van der Waals surface area contributed by atoms with Crippen LogP contribution in [-0.4, -0.2) is 106 Å². The fourth-order valence-electron chi connectivity index (χ4n) is 34.1. The van der Waals surface area contributed by atoms with E-state index in [2.05, 4.69) is 108 Å². The molecule has 5 saturated heterocycles. The lowest BCUT2D eigenvalue weighted by Gasteiger charge is -2.74. The quantitative estimate of drug-likeness (QED) is 0.0891. The fourth-order valence-corrected chi connectivity index (χ4v) is 34.1. The number of carbonyl (C=O) groups is 3. The van der Waals surface area contributed by atoms with Gasteiger partial charge in [0.25, 0.3) is 0 Å². The van der Waals surface area contributed by atoms with Gasteiger partial charge in [0, 0.05) is 58.6 Å². The van der Waals surface area contributed by atoms with Crippen LogP contribution in [0.25, 0.3) is 0 Å². The van der Waals surface area contributed by atoms with E-state index < -0.39 is 97.9 Å². The van der Waals surface area contributed by atoms with Crippen LogP contribution in [0.15, 0.2) is 101 Å². The summed E-state index contributed by atoms with van der Waals surface area (Å²) < 4.78 is 39.7. The molecule has 8 heterocycles. The molecule has 11 bridgehead atoms. The lowest BCUT2D eigenvalue weighted by atomic mass is 9.27. The van der Waals surface area contributed by atoms with Crippen molar-refractivity contribution in [3.63, 3.8) is 0 Å². The summed E-state index contributed by atoms with van der Waals surface area (Å²) in [5.41, 5.74) is -4.09. The van der Waals surface area contributed by atoms with Crippen LogP contribution in [-0.2, 0) is 58.2 Å². The molecule has 13 heteroatoms. The maximum absolute atomic E-state index is 18.7. The van der Waals surface area contributed by atoms with Crippen LogP contribution < -0.4 is 5.32 Å². The number of allylic oxidation sites excluding steroid dienone is 6. The molecule has 15 aliphatic carbocycles. The SMILES string of the molecule is CC12CC3CC45CC6(CCCC6)CC4CC4=CC6C78C=CC9CCCC9C7CC=C7C=CC(CC78)C67OC46C5C(=O)OCC64C7C(=O)C(O)C5(C6CC(Cc7ccccc7)CCC6C#CC6CCc7coc(CC(C(O)CO)C8CCC9C(C=CN%10CNCC9%10)C8)c7C61OC(=O)C1OC152)C34. The standard InChI is InChI=1S/C87H100N2O11/c1-78-37-54-38-80-43-79(26-5-6-27-79)39-58(80)33-57-35-68-81-28-24-48-10-7-11-59(48)62(81)23-18-49-15-21-56(34-63(49)81)84(68)72-70(92)74(93)83(71(54)82(72)44-97-76(94)73(80)86(57,82)100-84)64-31-47(30-46-8-3-2-4-9-46)12-13-50(64)14-19-55-20-16-53-42-96-67(69(53)85(55,78)99-77(95)75-87(78,83)98-75)36-61(66(91)41-90)51-17-22-60-52(32-51)25-29-89-45-88-40-65(60)89/h2-4,8-9,15,18,21,24-25,28-29,35,42,47-48,50-52,54-56,58-66,68,71-75,88,90-91,93H,5-7,10-13,16-17,20,22-23,26-27,30-34,36-41,43-45H2,1H3. The summed E-state index contributed by atoms with van der Waals surface area (Å²) in [6, 6.07) is 11.3. The van der Waals surface area contributed by atoms with Gasteiger partial charge in [-0.15, -0.1) is 0 Å². The molecule has 524 valence electrons. The highest BCUT2D eigenvalue weighted by atomic mass is 16.7. The third-order valence-electron chi connectivity index (χ3n) is 36.4. The topological polar surface area (TPSA) is 181 Å². The molecule has 32 atom stereocenters. The Kier molecular flexibility index (Phi) is 11.7. The van der Waals surface area contributed by atoms with E-state index >= 15 is 19.5 Å². The average Bonchev–Trinajstić information content (AvgIpc) is 1.42. The van der Waals surface area contributed by atoms with E-state index in [0.717, 1.165) is 114 Å². The molecule has 1 aromatic heterocycles. The third-order valence-corrected chi connectivity index (χ3v) is 36.4. The summed E-state index contributed by atoms with van der Waals surface area (Å²) >= 11 is 0. The monoisotopic (exact) mass is 1350 g/mol. The first kappa shape index (κ1) is 60.2. The van der Waals surface area contributed by atoms with E-state index in [4.69, 9.17) is 18.6 Å². The minimum atomic E-state index is -1.59. The van der Waals surface area contributed by atoms with Gasteiger partial charge in [-0.3, -0.25) is 14.9 Å². The molecular weight excluding hydrogens is 1250 g/mol. The molecule has 9 spiro atoms. The Bertz CT molecular complexity index is 4210. The molecule has 2 aromatic rings. The molecule has 24 rings (SSSR count). The number of benzene rings is 1. The van der Waals surface area contributed by atoms with Crippen LogP contribution >= 0.6 is 0 Å². The van der Waals surface area contributed by atoms with Crippen LogP contribution in [0.2, 0.25) is 0 Å². The summed E-state index contributed by atoms with van der Waals surface area (Å²) in [5, 5.41) is 43.1. The van der Waals surface area contributed by atoms with Gasteiger partial charge in [0.05, 0.1) is 54.4 Å². The summed E-state index contributed by atoms with van der Waals surface area (Å²) in [4.78, 5) is 54.8. The number of rotatable bonds is 7. The van der Waals surface area contributed by atoms with Crippen LogP contribution in [0.5, 0.6) is 0 Å². The highest BCUT2D eigenvalue weighted by Gasteiger charge is 3.02. The van der Waals surface area contributed by atoms with Gasteiger partial charge in [-0.1, -0.05) is 111 Å². The van der Waals surface area contributed by atoms with Crippen molar-refractivity contribution >= 4 is 17.7 Å².